The fourth-order valence-corrected chi connectivity index (χ4v) is 3.51. The number of hydrogen-bond acceptors (Lipinski definition) is 4. The molecule has 1 unspecified atom stereocenters. The SMILES string of the molecule is Cc1ccc(NC(=O)CSCCC(=O)NCC(c2cccc(F)c2)N(C)C)cc1. The maximum atomic E-state index is 13.5. The highest BCUT2D eigenvalue weighted by Gasteiger charge is 2.16. The van der Waals surface area contributed by atoms with Crippen molar-refractivity contribution in [1.82, 2.24) is 10.2 Å². The molecule has 0 radical (unpaired) electrons. The maximum Gasteiger partial charge on any atom is 0.234 e. The molecule has 2 aromatic rings. The van der Waals surface area contributed by atoms with E-state index in [4.69, 9.17) is 0 Å². The van der Waals surface area contributed by atoms with E-state index in [-0.39, 0.29) is 23.7 Å². The van der Waals surface area contributed by atoms with E-state index in [0.717, 1.165) is 16.8 Å². The number of amides is 2. The summed E-state index contributed by atoms with van der Waals surface area (Å²) in [5.41, 5.74) is 2.72. The minimum atomic E-state index is -0.291. The third kappa shape index (κ3) is 8.25. The first-order chi connectivity index (χ1) is 13.8. The van der Waals surface area contributed by atoms with Gasteiger partial charge >= 0.3 is 0 Å². The minimum Gasteiger partial charge on any atom is -0.354 e. The van der Waals surface area contributed by atoms with Crippen molar-refractivity contribution in [2.75, 3.05) is 37.5 Å². The summed E-state index contributed by atoms with van der Waals surface area (Å²) in [5.74, 6) is 0.392. The van der Waals surface area contributed by atoms with Crippen LogP contribution in [0.5, 0.6) is 0 Å². The molecule has 0 aliphatic rings. The number of nitrogens with zero attached hydrogens (tertiary/aromatic N) is 1. The van der Waals surface area contributed by atoms with Gasteiger partial charge in [0.05, 0.1) is 11.8 Å². The highest BCUT2D eigenvalue weighted by atomic mass is 32.2. The van der Waals surface area contributed by atoms with Crippen molar-refractivity contribution in [3.05, 3.63) is 65.5 Å². The Morgan fingerprint density at radius 2 is 1.83 bits per heavy atom. The molecule has 5 nitrogen and oxygen atoms in total. The summed E-state index contributed by atoms with van der Waals surface area (Å²) in [4.78, 5) is 26.0. The van der Waals surface area contributed by atoms with Crippen LogP contribution in [0.1, 0.15) is 23.6 Å². The van der Waals surface area contributed by atoms with Crippen LogP contribution in [0.2, 0.25) is 0 Å². The van der Waals surface area contributed by atoms with Crippen LogP contribution in [0.25, 0.3) is 0 Å². The lowest BCUT2D eigenvalue weighted by molar-refractivity contribution is -0.121. The highest BCUT2D eigenvalue weighted by Crippen LogP contribution is 2.18. The van der Waals surface area contributed by atoms with Gasteiger partial charge in [0.15, 0.2) is 0 Å². The molecule has 1 atom stereocenters. The van der Waals surface area contributed by atoms with Crippen LogP contribution in [-0.2, 0) is 9.59 Å². The van der Waals surface area contributed by atoms with E-state index in [1.54, 1.807) is 6.07 Å². The third-order valence-electron chi connectivity index (χ3n) is 4.39. The quantitative estimate of drug-likeness (QED) is 0.580. The number of likely N-dealkylation sites (N-methyl/N-ethyl adjacent to an activating group) is 1. The number of nitrogens with one attached hydrogen (secondary N) is 2. The Kier molecular flexibility index (Phi) is 9.15. The highest BCUT2D eigenvalue weighted by molar-refractivity contribution is 7.99. The van der Waals surface area contributed by atoms with E-state index in [9.17, 15) is 14.0 Å². The second-order valence-electron chi connectivity index (χ2n) is 7.06. The van der Waals surface area contributed by atoms with E-state index < -0.39 is 0 Å². The maximum absolute atomic E-state index is 13.5. The molecule has 0 spiro atoms. The van der Waals surface area contributed by atoms with E-state index in [1.807, 2.05) is 56.3 Å². The molecular weight excluding hydrogens is 389 g/mol. The van der Waals surface area contributed by atoms with Crippen molar-refractivity contribution >= 4 is 29.3 Å². The second-order valence-corrected chi connectivity index (χ2v) is 8.16. The van der Waals surface area contributed by atoms with Crippen LogP contribution < -0.4 is 10.6 Å². The molecule has 2 rings (SSSR count). The summed E-state index contributed by atoms with van der Waals surface area (Å²) < 4.78 is 13.5. The van der Waals surface area contributed by atoms with Gasteiger partial charge in [-0.15, -0.1) is 0 Å². The summed E-state index contributed by atoms with van der Waals surface area (Å²) in [6.07, 6.45) is 0.325. The molecule has 0 aliphatic heterocycles. The van der Waals surface area contributed by atoms with Gasteiger partial charge in [-0.2, -0.15) is 11.8 Å². The van der Waals surface area contributed by atoms with Crippen LogP contribution in [0.15, 0.2) is 48.5 Å². The number of rotatable bonds is 10. The fourth-order valence-electron chi connectivity index (χ4n) is 2.78. The van der Waals surface area contributed by atoms with Gasteiger partial charge in [0.2, 0.25) is 11.8 Å². The number of benzene rings is 2. The van der Waals surface area contributed by atoms with Gasteiger partial charge in [0.1, 0.15) is 5.82 Å². The predicted octanol–water partition coefficient (Wildman–Crippen LogP) is 3.62. The van der Waals surface area contributed by atoms with Crippen LogP contribution in [0.3, 0.4) is 0 Å². The largest absolute Gasteiger partial charge is 0.354 e. The summed E-state index contributed by atoms with van der Waals surface area (Å²) >= 11 is 1.42. The van der Waals surface area contributed by atoms with Gasteiger partial charge < -0.3 is 15.5 Å². The lowest BCUT2D eigenvalue weighted by Crippen LogP contribution is -2.34. The molecule has 0 saturated heterocycles. The Morgan fingerprint density at radius 3 is 2.48 bits per heavy atom. The van der Waals surface area contributed by atoms with E-state index >= 15 is 0 Å². The summed E-state index contributed by atoms with van der Waals surface area (Å²) in [7, 11) is 3.79. The van der Waals surface area contributed by atoms with Gasteiger partial charge in [-0.25, -0.2) is 4.39 Å². The van der Waals surface area contributed by atoms with Gasteiger partial charge in [-0.1, -0.05) is 29.8 Å². The first-order valence-corrected chi connectivity index (χ1v) is 10.6. The molecule has 156 valence electrons. The molecule has 7 heteroatoms. The Morgan fingerprint density at radius 1 is 1.10 bits per heavy atom. The standard InChI is InChI=1S/C22H28FN3O2S/c1-16-7-9-19(10-8-16)25-22(28)15-29-12-11-21(27)24-14-20(26(2)3)17-5-4-6-18(23)13-17/h4-10,13,20H,11-12,14-15H2,1-3H3,(H,24,27)(H,25,28). The van der Waals surface area contributed by atoms with Crippen molar-refractivity contribution in [1.29, 1.82) is 0 Å². The smallest absolute Gasteiger partial charge is 0.234 e. The molecular formula is C22H28FN3O2S. The van der Waals surface area contributed by atoms with E-state index in [2.05, 4.69) is 10.6 Å². The average Bonchev–Trinajstić information content (AvgIpc) is 2.67. The van der Waals surface area contributed by atoms with Crippen molar-refractivity contribution < 1.29 is 14.0 Å². The molecule has 2 N–H and O–H groups in total. The Bertz CT molecular complexity index is 812. The fraction of sp³-hybridized carbons (Fsp3) is 0.364. The van der Waals surface area contributed by atoms with Crippen molar-refractivity contribution in [3.63, 3.8) is 0 Å². The molecule has 0 fully saturated rings. The number of hydrogen-bond donors (Lipinski definition) is 2. The lowest BCUT2D eigenvalue weighted by atomic mass is 10.1. The second kappa shape index (κ2) is 11.6. The molecule has 0 aromatic heterocycles. The molecule has 0 saturated carbocycles. The Hall–Kier alpha value is -2.38. The molecule has 0 heterocycles. The monoisotopic (exact) mass is 417 g/mol. The number of aryl methyl sites for hydroxylation is 1. The molecule has 0 bridgehead atoms. The number of thioether (sulfide) groups is 1. The zero-order valence-electron chi connectivity index (χ0n) is 17.1. The minimum absolute atomic E-state index is 0.0836. The first kappa shape index (κ1) is 22.9. The van der Waals surface area contributed by atoms with Crippen LogP contribution >= 0.6 is 11.8 Å². The summed E-state index contributed by atoms with van der Waals surface area (Å²) in [6.45, 7) is 2.39. The van der Waals surface area contributed by atoms with Crippen LogP contribution in [0.4, 0.5) is 10.1 Å². The average molecular weight is 418 g/mol. The topological polar surface area (TPSA) is 61.4 Å². The summed E-state index contributed by atoms with van der Waals surface area (Å²) in [5, 5.41) is 5.73. The van der Waals surface area contributed by atoms with E-state index in [0.29, 0.717) is 24.5 Å². The zero-order chi connectivity index (χ0) is 21.2. The number of carbonyl (C=O) groups is 2. The predicted molar refractivity (Wildman–Crippen MR) is 118 cm³/mol. The number of halogens is 1. The first-order valence-electron chi connectivity index (χ1n) is 9.48. The van der Waals surface area contributed by atoms with Crippen molar-refractivity contribution in [2.45, 2.75) is 19.4 Å². The van der Waals surface area contributed by atoms with E-state index in [1.165, 1.54) is 23.9 Å². The Balaban J connectivity index is 1.68. The van der Waals surface area contributed by atoms with Crippen molar-refractivity contribution in [3.8, 4) is 0 Å². The van der Waals surface area contributed by atoms with Crippen LogP contribution in [0, 0.1) is 12.7 Å². The third-order valence-corrected chi connectivity index (χ3v) is 5.35. The van der Waals surface area contributed by atoms with Gasteiger partial charge in [0.25, 0.3) is 0 Å². The zero-order valence-corrected chi connectivity index (χ0v) is 17.9. The van der Waals surface area contributed by atoms with Gasteiger partial charge in [0, 0.05) is 24.4 Å². The van der Waals surface area contributed by atoms with Gasteiger partial charge in [-0.3, -0.25) is 9.59 Å². The number of carbonyl (C=O) groups excluding carboxylic acids is 2. The van der Waals surface area contributed by atoms with Crippen molar-refractivity contribution in [2.24, 2.45) is 0 Å². The number of anilines is 1. The normalized spacial score (nSPS) is 11.9. The van der Waals surface area contributed by atoms with Gasteiger partial charge in [-0.05, 0) is 50.8 Å². The molecule has 2 amide bonds. The Labute approximate surface area is 176 Å². The molecule has 0 aliphatic carbocycles. The summed E-state index contributed by atoms with van der Waals surface area (Å²) in [6, 6.07) is 13.9. The molecule has 29 heavy (non-hydrogen) atoms. The molecule has 2 aromatic carbocycles. The lowest BCUT2D eigenvalue weighted by Gasteiger charge is -2.25. The van der Waals surface area contributed by atoms with Crippen LogP contribution in [-0.4, -0.2) is 48.9 Å².